The van der Waals surface area contributed by atoms with E-state index in [0.29, 0.717) is 0 Å². The van der Waals surface area contributed by atoms with Crippen LogP contribution < -0.4 is 10.2 Å². The average Bonchev–Trinajstić information content (AvgIpc) is 2.99. The molecule has 0 spiro atoms. The summed E-state index contributed by atoms with van der Waals surface area (Å²) in [5.74, 6) is 0.918. The fourth-order valence-electron chi connectivity index (χ4n) is 3.46. The first-order valence-corrected chi connectivity index (χ1v) is 7.42. The van der Waals surface area contributed by atoms with Crippen molar-refractivity contribution in [1.29, 1.82) is 0 Å². The molecule has 2 fully saturated rings. The fourth-order valence-corrected chi connectivity index (χ4v) is 3.70. The standard InChI is InChI=1S/C15H21ClN2/c1-2-17-9-13-14(16)4-3-5-15(13)18-10-11-6-7-12(18)8-11/h3-5,11-12,17H,2,6-10H2,1H3. The van der Waals surface area contributed by atoms with Crippen LogP contribution in [0.2, 0.25) is 5.02 Å². The summed E-state index contributed by atoms with van der Waals surface area (Å²) < 4.78 is 0. The first-order chi connectivity index (χ1) is 8.79. The molecule has 18 heavy (non-hydrogen) atoms. The van der Waals surface area contributed by atoms with Crippen molar-refractivity contribution < 1.29 is 0 Å². The quantitative estimate of drug-likeness (QED) is 0.896. The Labute approximate surface area is 114 Å². The Bertz CT molecular complexity index is 433. The molecule has 2 aliphatic rings. The lowest BCUT2D eigenvalue weighted by molar-refractivity contribution is 0.552. The molecule has 0 aromatic heterocycles. The van der Waals surface area contributed by atoms with Crippen molar-refractivity contribution >= 4 is 17.3 Å². The van der Waals surface area contributed by atoms with E-state index in [9.17, 15) is 0 Å². The lowest BCUT2D eigenvalue weighted by Crippen LogP contribution is -2.33. The number of hydrogen-bond donors (Lipinski definition) is 1. The van der Waals surface area contributed by atoms with Gasteiger partial charge in [-0.2, -0.15) is 0 Å². The highest BCUT2D eigenvalue weighted by Gasteiger charge is 2.38. The van der Waals surface area contributed by atoms with Crippen molar-refractivity contribution in [3.05, 3.63) is 28.8 Å². The molecule has 1 aromatic rings. The Morgan fingerprint density at radius 2 is 2.28 bits per heavy atom. The Hall–Kier alpha value is -0.730. The Morgan fingerprint density at radius 1 is 1.39 bits per heavy atom. The summed E-state index contributed by atoms with van der Waals surface area (Å²) in [6.07, 6.45) is 4.16. The van der Waals surface area contributed by atoms with Crippen LogP contribution in [0.25, 0.3) is 0 Å². The van der Waals surface area contributed by atoms with Gasteiger partial charge in [-0.15, -0.1) is 0 Å². The lowest BCUT2D eigenvalue weighted by atomic mass is 10.1. The molecule has 2 bridgehead atoms. The smallest absolute Gasteiger partial charge is 0.0471 e. The van der Waals surface area contributed by atoms with E-state index >= 15 is 0 Å². The molecule has 98 valence electrons. The molecule has 1 saturated heterocycles. The molecule has 0 radical (unpaired) electrons. The van der Waals surface area contributed by atoms with Gasteiger partial charge in [0.15, 0.2) is 0 Å². The van der Waals surface area contributed by atoms with Crippen molar-refractivity contribution in [3.8, 4) is 0 Å². The van der Waals surface area contributed by atoms with Gasteiger partial charge >= 0.3 is 0 Å². The van der Waals surface area contributed by atoms with E-state index < -0.39 is 0 Å². The SMILES string of the molecule is CCNCc1c(Cl)cccc1N1CC2CCC1C2. The van der Waals surface area contributed by atoms with Gasteiger partial charge in [-0.25, -0.2) is 0 Å². The summed E-state index contributed by atoms with van der Waals surface area (Å²) in [4.78, 5) is 2.59. The van der Waals surface area contributed by atoms with E-state index in [-0.39, 0.29) is 0 Å². The lowest BCUT2D eigenvalue weighted by Gasteiger charge is -2.31. The van der Waals surface area contributed by atoms with Crippen LogP contribution in [0.5, 0.6) is 0 Å². The molecule has 2 atom stereocenters. The Morgan fingerprint density at radius 3 is 2.94 bits per heavy atom. The van der Waals surface area contributed by atoms with Crippen LogP contribution in [0.4, 0.5) is 5.69 Å². The zero-order valence-corrected chi connectivity index (χ0v) is 11.7. The van der Waals surface area contributed by atoms with Crippen molar-refractivity contribution in [2.24, 2.45) is 5.92 Å². The number of fused-ring (bicyclic) bond motifs is 2. The van der Waals surface area contributed by atoms with Gasteiger partial charge in [-0.1, -0.05) is 24.6 Å². The third-order valence-corrected chi connectivity index (χ3v) is 4.72. The van der Waals surface area contributed by atoms with E-state index in [4.69, 9.17) is 11.6 Å². The monoisotopic (exact) mass is 264 g/mol. The summed E-state index contributed by atoms with van der Waals surface area (Å²) in [5, 5.41) is 4.30. The molecule has 1 saturated carbocycles. The molecular weight excluding hydrogens is 244 g/mol. The third-order valence-electron chi connectivity index (χ3n) is 4.36. The molecule has 1 aromatic carbocycles. The molecule has 1 aliphatic heterocycles. The Kier molecular flexibility index (Phi) is 3.49. The zero-order valence-electron chi connectivity index (χ0n) is 11.0. The van der Waals surface area contributed by atoms with Crippen LogP contribution in [0.1, 0.15) is 31.7 Å². The van der Waals surface area contributed by atoms with E-state index in [0.717, 1.165) is 30.1 Å². The van der Waals surface area contributed by atoms with Gasteiger partial charge in [0.25, 0.3) is 0 Å². The normalized spacial score (nSPS) is 26.0. The first kappa shape index (κ1) is 12.3. The third kappa shape index (κ3) is 2.12. The maximum Gasteiger partial charge on any atom is 0.0471 e. The highest BCUT2D eigenvalue weighted by Crippen LogP contribution is 2.42. The zero-order chi connectivity index (χ0) is 12.5. The van der Waals surface area contributed by atoms with Gasteiger partial charge in [0.05, 0.1) is 0 Å². The maximum atomic E-state index is 6.38. The maximum absolute atomic E-state index is 6.38. The summed E-state index contributed by atoms with van der Waals surface area (Å²) in [7, 11) is 0. The molecular formula is C15H21ClN2. The average molecular weight is 265 g/mol. The molecule has 3 heteroatoms. The topological polar surface area (TPSA) is 15.3 Å². The van der Waals surface area contributed by atoms with Crippen molar-refractivity contribution in [2.45, 2.75) is 38.8 Å². The molecule has 2 unspecified atom stereocenters. The van der Waals surface area contributed by atoms with E-state index in [1.54, 1.807) is 0 Å². The van der Waals surface area contributed by atoms with Crippen molar-refractivity contribution in [3.63, 3.8) is 0 Å². The number of rotatable bonds is 4. The molecule has 1 N–H and O–H groups in total. The highest BCUT2D eigenvalue weighted by atomic mass is 35.5. The van der Waals surface area contributed by atoms with E-state index in [1.807, 2.05) is 6.07 Å². The second kappa shape index (κ2) is 5.10. The minimum atomic E-state index is 0.758. The summed E-state index contributed by atoms with van der Waals surface area (Å²) in [5.41, 5.74) is 2.63. The van der Waals surface area contributed by atoms with Crippen molar-refractivity contribution in [1.82, 2.24) is 5.32 Å². The minimum Gasteiger partial charge on any atom is -0.368 e. The van der Waals surface area contributed by atoms with Crippen LogP contribution in [-0.2, 0) is 6.54 Å². The van der Waals surface area contributed by atoms with Gasteiger partial charge in [0.2, 0.25) is 0 Å². The molecule has 2 nitrogen and oxygen atoms in total. The highest BCUT2D eigenvalue weighted by molar-refractivity contribution is 6.31. The van der Waals surface area contributed by atoms with E-state index in [2.05, 4.69) is 29.3 Å². The minimum absolute atomic E-state index is 0.758. The fraction of sp³-hybridized carbons (Fsp3) is 0.600. The van der Waals surface area contributed by atoms with E-state index in [1.165, 1.54) is 37.1 Å². The van der Waals surface area contributed by atoms with Crippen LogP contribution in [0.3, 0.4) is 0 Å². The number of anilines is 1. The van der Waals surface area contributed by atoms with Gasteiger partial charge in [-0.3, -0.25) is 0 Å². The number of nitrogens with one attached hydrogen (secondary N) is 1. The number of piperidine rings is 1. The number of halogens is 1. The molecule has 0 amide bonds. The van der Waals surface area contributed by atoms with Crippen molar-refractivity contribution in [2.75, 3.05) is 18.0 Å². The second-order valence-corrected chi connectivity index (χ2v) is 5.91. The predicted molar refractivity (Wildman–Crippen MR) is 77.3 cm³/mol. The summed E-state index contributed by atoms with van der Waals surface area (Å²) in [6.45, 7) is 5.22. The van der Waals surface area contributed by atoms with Crippen LogP contribution in [-0.4, -0.2) is 19.1 Å². The number of hydrogen-bond acceptors (Lipinski definition) is 2. The Balaban J connectivity index is 1.88. The summed E-state index contributed by atoms with van der Waals surface area (Å²) in [6, 6.07) is 7.08. The summed E-state index contributed by atoms with van der Waals surface area (Å²) >= 11 is 6.38. The number of nitrogens with zero attached hydrogens (tertiary/aromatic N) is 1. The van der Waals surface area contributed by atoms with Gasteiger partial charge in [0.1, 0.15) is 0 Å². The molecule has 1 aliphatic carbocycles. The van der Waals surface area contributed by atoms with Crippen LogP contribution in [0, 0.1) is 5.92 Å². The van der Waals surface area contributed by atoms with Gasteiger partial charge in [0, 0.05) is 35.4 Å². The second-order valence-electron chi connectivity index (χ2n) is 5.50. The van der Waals surface area contributed by atoms with Crippen LogP contribution in [0.15, 0.2) is 18.2 Å². The molecule has 1 heterocycles. The first-order valence-electron chi connectivity index (χ1n) is 7.04. The van der Waals surface area contributed by atoms with Crippen LogP contribution >= 0.6 is 11.6 Å². The largest absolute Gasteiger partial charge is 0.368 e. The van der Waals surface area contributed by atoms with Gasteiger partial charge < -0.3 is 10.2 Å². The van der Waals surface area contributed by atoms with Gasteiger partial charge in [-0.05, 0) is 43.9 Å². The number of benzene rings is 1. The predicted octanol–water partition coefficient (Wildman–Crippen LogP) is 3.44. The molecule has 3 rings (SSSR count).